The number of anilines is 1. The van der Waals surface area contributed by atoms with Crippen LogP contribution in [-0.2, 0) is 15.7 Å². The van der Waals surface area contributed by atoms with Crippen LogP contribution in [0.15, 0.2) is 43.1 Å². The third-order valence-electron chi connectivity index (χ3n) is 4.21. The summed E-state index contributed by atoms with van der Waals surface area (Å²) >= 11 is 0. The van der Waals surface area contributed by atoms with Gasteiger partial charge >= 0.3 is 12.1 Å². The molecule has 0 aliphatic carbocycles. The number of aromatic nitrogens is 7. The fraction of sp³-hybridized carbons (Fsp3) is 0.167. The number of amides is 1. The monoisotopic (exact) mass is 446 g/mol. The number of carbonyl (C=O) groups is 2. The molecule has 0 radical (unpaired) electrons. The highest BCUT2D eigenvalue weighted by Crippen LogP contribution is 2.33. The molecule has 0 spiro atoms. The van der Waals surface area contributed by atoms with Crippen molar-refractivity contribution in [3.63, 3.8) is 0 Å². The number of hydrogen-bond acceptors (Lipinski definition) is 8. The van der Waals surface area contributed by atoms with Gasteiger partial charge in [0.15, 0.2) is 6.61 Å². The van der Waals surface area contributed by atoms with E-state index in [2.05, 4.69) is 30.5 Å². The zero-order chi connectivity index (χ0) is 22.9. The minimum Gasteiger partial charge on any atom is -0.450 e. The normalized spacial score (nSPS) is 11.5. The van der Waals surface area contributed by atoms with Crippen molar-refractivity contribution in [3.8, 4) is 5.69 Å². The number of carbonyl (C=O) groups excluding carboxylic acids is 2. The van der Waals surface area contributed by atoms with Crippen molar-refractivity contribution < 1.29 is 27.5 Å². The number of nitrogens with zero attached hydrogens (tertiary/aromatic N) is 7. The number of hydrogen-bond donors (Lipinski definition) is 1. The number of aryl methyl sites for hydroxylation is 1. The lowest BCUT2D eigenvalue weighted by molar-refractivity contribution is -0.137. The van der Waals surface area contributed by atoms with Gasteiger partial charge in [-0.25, -0.2) is 24.0 Å². The number of alkyl halides is 3. The van der Waals surface area contributed by atoms with Gasteiger partial charge in [0.25, 0.3) is 17.5 Å². The highest BCUT2D eigenvalue weighted by molar-refractivity contribution is 5.96. The van der Waals surface area contributed by atoms with E-state index in [4.69, 9.17) is 4.74 Å². The number of esters is 1. The lowest BCUT2D eigenvalue weighted by Gasteiger charge is -2.14. The van der Waals surface area contributed by atoms with Gasteiger partial charge < -0.3 is 10.1 Å². The topological polar surface area (TPSA) is 129 Å². The van der Waals surface area contributed by atoms with Gasteiger partial charge in [-0.3, -0.25) is 4.79 Å². The zero-order valence-electron chi connectivity index (χ0n) is 16.2. The molecule has 0 saturated carbocycles. The van der Waals surface area contributed by atoms with E-state index in [9.17, 15) is 22.8 Å². The second-order valence-corrected chi connectivity index (χ2v) is 6.43. The summed E-state index contributed by atoms with van der Waals surface area (Å²) in [6, 6.07) is 4.38. The van der Waals surface area contributed by atoms with Gasteiger partial charge in [0.2, 0.25) is 0 Å². The van der Waals surface area contributed by atoms with Gasteiger partial charge in [-0.05, 0) is 31.2 Å². The standard InChI is InChI=1S/C18H13F3N8O3/c1-10-4-5-23-17-26-15(27-29(10)17)16(31)32-7-14(30)25-12-6-11(18(19,20)21)2-3-13(12)28-9-22-8-24-28/h2-6,8-9H,7H2,1H3,(H,25,30). The summed E-state index contributed by atoms with van der Waals surface area (Å²) in [7, 11) is 0. The Balaban J connectivity index is 1.49. The molecular weight excluding hydrogens is 433 g/mol. The lowest BCUT2D eigenvalue weighted by atomic mass is 10.1. The summed E-state index contributed by atoms with van der Waals surface area (Å²) in [5.74, 6) is -2.02. The van der Waals surface area contributed by atoms with Gasteiger partial charge in [0.1, 0.15) is 12.7 Å². The van der Waals surface area contributed by atoms with E-state index in [1.165, 1.54) is 28.0 Å². The smallest absolute Gasteiger partial charge is 0.416 e. The maximum atomic E-state index is 13.1. The van der Waals surface area contributed by atoms with Crippen molar-refractivity contribution in [3.05, 3.63) is 60.2 Å². The first-order valence-electron chi connectivity index (χ1n) is 8.94. The van der Waals surface area contributed by atoms with Crippen LogP contribution >= 0.6 is 0 Å². The van der Waals surface area contributed by atoms with E-state index in [1.807, 2.05) is 0 Å². The lowest BCUT2D eigenvalue weighted by Crippen LogP contribution is -2.22. The van der Waals surface area contributed by atoms with E-state index in [-0.39, 0.29) is 23.0 Å². The van der Waals surface area contributed by atoms with Gasteiger partial charge in [0, 0.05) is 11.9 Å². The Morgan fingerprint density at radius 3 is 2.72 bits per heavy atom. The SMILES string of the molecule is Cc1ccnc2nc(C(=O)OCC(=O)Nc3cc(C(F)(F)F)ccc3-n3cncn3)nn12. The Bertz CT molecular complexity index is 1300. The van der Waals surface area contributed by atoms with Crippen LogP contribution in [-0.4, -0.2) is 52.8 Å². The fourth-order valence-corrected chi connectivity index (χ4v) is 2.72. The predicted molar refractivity (Wildman–Crippen MR) is 101 cm³/mol. The summed E-state index contributed by atoms with van der Waals surface area (Å²) in [5.41, 5.74) is -0.370. The molecule has 1 amide bonds. The first-order chi connectivity index (χ1) is 15.2. The van der Waals surface area contributed by atoms with Crippen molar-refractivity contribution >= 4 is 23.3 Å². The first-order valence-corrected chi connectivity index (χ1v) is 8.94. The summed E-state index contributed by atoms with van der Waals surface area (Å²) in [4.78, 5) is 36.1. The predicted octanol–water partition coefficient (Wildman–Crippen LogP) is 1.83. The van der Waals surface area contributed by atoms with Crippen LogP contribution in [0.3, 0.4) is 0 Å². The second-order valence-electron chi connectivity index (χ2n) is 6.43. The van der Waals surface area contributed by atoms with E-state index in [0.717, 1.165) is 18.2 Å². The van der Waals surface area contributed by atoms with Gasteiger partial charge in [0.05, 0.1) is 16.9 Å². The third kappa shape index (κ3) is 4.23. The quantitative estimate of drug-likeness (QED) is 0.460. The Morgan fingerprint density at radius 1 is 1.22 bits per heavy atom. The molecule has 1 aromatic carbocycles. The highest BCUT2D eigenvalue weighted by atomic mass is 19.4. The van der Waals surface area contributed by atoms with E-state index in [0.29, 0.717) is 5.69 Å². The second kappa shape index (κ2) is 8.05. The zero-order valence-corrected chi connectivity index (χ0v) is 16.2. The minimum absolute atomic E-state index is 0.138. The van der Waals surface area contributed by atoms with Crippen LogP contribution in [0.5, 0.6) is 0 Å². The van der Waals surface area contributed by atoms with E-state index >= 15 is 0 Å². The highest BCUT2D eigenvalue weighted by Gasteiger charge is 2.31. The molecule has 1 N–H and O–H groups in total. The molecule has 0 aliphatic rings. The Kier molecular flexibility index (Phi) is 5.26. The number of rotatable bonds is 5. The van der Waals surface area contributed by atoms with Gasteiger partial charge in [-0.2, -0.15) is 23.3 Å². The number of benzene rings is 1. The van der Waals surface area contributed by atoms with Gasteiger partial charge in [-0.15, -0.1) is 5.10 Å². The number of fused-ring (bicyclic) bond motifs is 1. The molecule has 0 unspecified atom stereocenters. The first kappa shape index (κ1) is 20.9. The fourth-order valence-electron chi connectivity index (χ4n) is 2.72. The summed E-state index contributed by atoms with van der Waals surface area (Å²) in [6.45, 7) is 0.946. The maximum Gasteiger partial charge on any atom is 0.416 e. The van der Waals surface area contributed by atoms with Crippen molar-refractivity contribution in [2.24, 2.45) is 0 Å². The molecular formula is C18H13F3N8O3. The van der Waals surface area contributed by atoms with Crippen LogP contribution in [0.4, 0.5) is 18.9 Å². The van der Waals surface area contributed by atoms with Crippen LogP contribution < -0.4 is 5.32 Å². The molecule has 4 aromatic rings. The molecule has 0 aliphatic heterocycles. The third-order valence-corrected chi connectivity index (χ3v) is 4.21. The average Bonchev–Trinajstić information content (AvgIpc) is 3.42. The Morgan fingerprint density at radius 2 is 2.03 bits per heavy atom. The summed E-state index contributed by atoms with van der Waals surface area (Å²) in [5, 5.41) is 10.1. The average molecular weight is 446 g/mol. The van der Waals surface area contributed by atoms with Crippen LogP contribution in [0.1, 0.15) is 21.9 Å². The Labute approximate surface area is 176 Å². The van der Waals surface area contributed by atoms with E-state index in [1.54, 1.807) is 13.0 Å². The van der Waals surface area contributed by atoms with Crippen molar-refractivity contribution in [1.29, 1.82) is 0 Å². The maximum absolute atomic E-state index is 13.1. The van der Waals surface area contributed by atoms with Crippen molar-refractivity contribution in [2.75, 3.05) is 11.9 Å². The largest absolute Gasteiger partial charge is 0.450 e. The molecule has 14 heteroatoms. The van der Waals surface area contributed by atoms with Gasteiger partial charge in [-0.1, -0.05) is 0 Å². The molecule has 32 heavy (non-hydrogen) atoms. The molecule has 4 rings (SSSR count). The summed E-state index contributed by atoms with van der Waals surface area (Å²) in [6.07, 6.45) is -0.704. The molecule has 11 nitrogen and oxygen atoms in total. The minimum atomic E-state index is -4.63. The molecule has 164 valence electrons. The molecule has 0 bridgehead atoms. The molecule has 3 aromatic heterocycles. The van der Waals surface area contributed by atoms with E-state index < -0.39 is 30.2 Å². The molecule has 0 fully saturated rings. The number of ether oxygens (including phenoxy) is 1. The van der Waals surface area contributed by atoms with Crippen LogP contribution in [0.25, 0.3) is 11.5 Å². The van der Waals surface area contributed by atoms with Crippen LogP contribution in [0, 0.1) is 6.92 Å². The Hall–Kier alpha value is -4.36. The van der Waals surface area contributed by atoms with Crippen molar-refractivity contribution in [1.82, 2.24) is 34.3 Å². The number of halogens is 3. The van der Waals surface area contributed by atoms with Crippen molar-refractivity contribution in [2.45, 2.75) is 13.1 Å². The molecule has 0 saturated heterocycles. The van der Waals surface area contributed by atoms with Crippen LogP contribution in [0.2, 0.25) is 0 Å². The molecule has 3 heterocycles. The number of nitrogens with one attached hydrogen (secondary N) is 1. The summed E-state index contributed by atoms with van der Waals surface area (Å²) < 4.78 is 46.7. The molecule has 0 atom stereocenters.